The van der Waals surface area contributed by atoms with Crippen LogP contribution in [0.5, 0.6) is 28.7 Å². The first-order valence-electron chi connectivity index (χ1n) is 10.7. The first-order valence-corrected chi connectivity index (χ1v) is 10.7. The molecule has 0 saturated carbocycles. The summed E-state index contributed by atoms with van der Waals surface area (Å²) in [4.78, 5) is 19.0. The maximum Gasteiger partial charge on any atom is 0.264 e. The average molecular weight is 450 g/mol. The molecule has 0 aliphatic carbocycles. The number of hydrogen-bond donors (Lipinski definition) is 1. The molecule has 8 heteroatoms. The summed E-state index contributed by atoms with van der Waals surface area (Å²) in [6, 6.07) is 16.6. The molecule has 34 heavy (non-hydrogen) atoms. The number of rotatable bonds is 1. The lowest BCUT2D eigenvalue weighted by Gasteiger charge is -2.10. The van der Waals surface area contributed by atoms with Crippen LogP contribution in [-0.2, 0) is 0 Å². The predicted octanol–water partition coefficient (Wildman–Crippen LogP) is 3.93. The summed E-state index contributed by atoms with van der Waals surface area (Å²) in [5.74, 6) is 2.22. The van der Waals surface area contributed by atoms with E-state index in [0.29, 0.717) is 61.6 Å². The van der Waals surface area contributed by atoms with Crippen LogP contribution in [0.2, 0.25) is 0 Å². The van der Waals surface area contributed by atoms with Gasteiger partial charge >= 0.3 is 0 Å². The zero-order chi connectivity index (χ0) is 22.6. The molecule has 8 nitrogen and oxygen atoms in total. The van der Waals surface area contributed by atoms with Gasteiger partial charge in [0.05, 0.1) is 16.8 Å². The second-order valence-electron chi connectivity index (χ2n) is 8.36. The summed E-state index contributed by atoms with van der Waals surface area (Å²) < 4.78 is 23.7. The maximum absolute atomic E-state index is 14.1. The summed E-state index contributed by atoms with van der Waals surface area (Å²) in [6.07, 6.45) is 0. The second-order valence-corrected chi connectivity index (χ2v) is 8.36. The second kappa shape index (κ2) is 5.99. The van der Waals surface area contributed by atoms with Crippen LogP contribution in [0, 0.1) is 0 Å². The Morgan fingerprint density at radius 1 is 0.824 bits per heavy atom. The van der Waals surface area contributed by atoms with Gasteiger partial charge in [0.15, 0.2) is 28.7 Å². The molecule has 0 saturated heterocycles. The van der Waals surface area contributed by atoms with Gasteiger partial charge in [0.25, 0.3) is 5.56 Å². The van der Waals surface area contributed by atoms with Crippen molar-refractivity contribution in [3.05, 3.63) is 70.3 Å². The standard InChI is InChI=1S/C26H14N2O6/c29-25-14-7-18-20(34-11-32-18)9-16(14)28-24(25)23-22(21(26(28)30)12-4-2-1-3-5-12)13-6-17-19(33-10-31-17)8-15(13)27-23/h1-9,29H,10-11H2. The zero-order valence-corrected chi connectivity index (χ0v) is 17.5. The Morgan fingerprint density at radius 3 is 2.26 bits per heavy atom. The lowest BCUT2D eigenvalue weighted by Crippen LogP contribution is -2.23. The molecule has 2 aromatic heterocycles. The van der Waals surface area contributed by atoms with E-state index < -0.39 is 0 Å². The van der Waals surface area contributed by atoms with Crippen molar-refractivity contribution in [1.29, 1.82) is 0 Å². The Morgan fingerprint density at radius 2 is 1.50 bits per heavy atom. The van der Waals surface area contributed by atoms with Gasteiger partial charge < -0.3 is 24.1 Å². The van der Waals surface area contributed by atoms with E-state index in [1.165, 1.54) is 4.40 Å². The van der Waals surface area contributed by atoms with Gasteiger partial charge in [0, 0.05) is 28.6 Å². The third-order valence-corrected chi connectivity index (χ3v) is 6.62. The Bertz CT molecular complexity index is 1840. The van der Waals surface area contributed by atoms with E-state index in [4.69, 9.17) is 23.9 Å². The molecule has 164 valence electrons. The van der Waals surface area contributed by atoms with Crippen molar-refractivity contribution in [3.63, 3.8) is 0 Å². The SMILES string of the molecule is O=c1c(-c2ccccc2)c2c(c3c(O)c4cc5c(cc4n13)OCO5)=Nc1cc3c(cc1-2)OCO3. The summed E-state index contributed by atoms with van der Waals surface area (Å²) in [7, 11) is 0. The minimum absolute atomic E-state index is 0.0298. The van der Waals surface area contributed by atoms with Crippen molar-refractivity contribution in [2.45, 2.75) is 0 Å². The fourth-order valence-electron chi connectivity index (χ4n) is 5.13. The fourth-order valence-corrected chi connectivity index (χ4v) is 5.13. The van der Waals surface area contributed by atoms with Crippen LogP contribution in [-0.4, -0.2) is 23.1 Å². The van der Waals surface area contributed by atoms with Gasteiger partial charge in [-0.3, -0.25) is 9.20 Å². The van der Waals surface area contributed by atoms with Crippen molar-refractivity contribution in [1.82, 2.24) is 4.40 Å². The molecule has 3 aliphatic heterocycles. The highest BCUT2D eigenvalue weighted by atomic mass is 16.7. The molecule has 1 N–H and O–H groups in total. The molecule has 3 aromatic carbocycles. The van der Waals surface area contributed by atoms with Crippen molar-refractivity contribution in [2.24, 2.45) is 4.99 Å². The molecule has 0 radical (unpaired) electrons. The first kappa shape index (κ1) is 17.8. The van der Waals surface area contributed by atoms with E-state index in [-0.39, 0.29) is 24.9 Å². The quantitative estimate of drug-likeness (QED) is 0.408. The summed E-state index contributed by atoms with van der Waals surface area (Å²) >= 11 is 0. The predicted molar refractivity (Wildman–Crippen MR) is 122 cm³/mol. The number of hydrogen-bond acceptors (Lipinski definition) is 7. The molecule has 8 rings (SSSR count). The average Bonchev–Trinajstić information content (AvgIpc) is 3.62. The van der Waals surface area contributed by atoms with Gasteiger partial charge in [-0.2, -0.15) is 0 Å². The van der Waals surface area contributed by atoms with Gasteiger partial charge in [-0.05, 0) is 17.7 Å². The molecule has 5 aromatic rings. The highest BCUT2D eigenvalue weighted by Crippen LogP contribution is 2.47. The number of pyridine rings is 1. The van der Waals surface area contributed by atoms with E-state index >= 15 is 0 Å². The van der Waals surface area contributed by atoms with Crippen molar-refractivity contribution in [3.8, 4) is 51.0 Å². The van der Waals surface area contributed by atoms with Gasteiger partial charge in [0.2, 0.25) is 13.6 Å². The Balaban J connectivity index is 1.60. The number of nitrogens with zero attached hydrogens (tertiary/aromatic N) is 2. The van der Waals surface area contributed by atoms with Crippen LogP contribution >= 0.6 is 0 Å². The van der Waals surface area contributed by atoms with Crippen LogP contribution in [0.4, 0.5) is 5.69 Å². The number of fused-ring (bicyclic) bond motifs is 9. The lowest BCUT2D eigenvalue weighted by molar-refractivity contribution is 0.173. The van der Waals surface area contributed by atoms with Gasteiger partial charge in [-0.25, -0.2) is 4.99 Å². The highest BCUT2D eigenvalue weighted by Gasteiger charge is 2.31. The Kier molecular flexibility index (Phi) is 3.13. The van der Waals surface area contributed by atoms with Crippen LogP contribution in [0.15, 0.2) is 64.4 Å². The third-order valence-electron chi connectivity index (χ3n) is 6.62. The number of ether oxygens (including phenoxy) is 4. The molecule has 3 aliphatic rings. The largest absolute Gasteiger partial charge is 0.505 e. The monoisotopic (exact) mass is 450 g/mol. The number of benzene rings is 3. The topological polar surface area (TPSA) is 91.0 Å². The fraction of sp³-hybridized carbons (Fsp3) is 0.0769. The maximum atomic E-state index is 14.1. The normalized spacial score (nSPS) is 14.5. The van der Waals surface area contributed by atoms with E-state index in [2.05, 4.69) is 0 Å². The molecule has 0 amide bonds. The van der Waals surface area contributed by atoms with Crippen LogP contribution in [0.25, 0.3) is 38.7 Å². The smallest absolute Gasteiger partial charge is 0.264 e. The molecule has 0 fully saturated rings. The van der Waals surface area contributed by atoms with E-state index in [0.717, 1.165) is 11.1 Å². The summed E-state index contributed by atoms with van der Waals surface area (Å²) in [5, 5.41) is 12.3. The molecular weight excluding hydrogens is 436 g/mol. The molecule has 0 unspecified atom stereocenters. The van der Waals surface area contributed by atoms with Crippen molar-refractivity contribution < 1.29 is 24.1 Å². The van der Waals surface area contributed by atoms with E-state index in [1.54, 1.807) is 12.1 Å². The Hall–Kier alpha value is -4.72. The van der Waals surface area contributed by atoms with Gasteiger partial charge in [0.1, 0.15) is 10.9 Å². The van der Waals surface area contributed by atoms with E-state index in [9.17, 15) is 9.90 Å². The van der Waals surface area contributed by atoms with Gasteiger partial charge in [-0.1, -0.05) is 30.3 Å². The van der Waals surface area contributed by atoms with Crippen LogP contribution < -0.4 is 29.9 Å². The van der Waals surface area contributed by atoms with E-state index in [1.807, 2.05) is 42.5 Å². The molecule has 0 spiro atoms. The molecular formula is C26H14N2O6. The molecule has 5 heterocycles. The summed E-state index contributed by atoms with van der Waals surface area (Å²) in [5.41, 5.74) is 3.95. The Labute approximate surface area is 190 Å². The van der Waals surface area contributed by atoms with Crippen LogP contribution in [0.3, 0.4) is 0 Å². The number of aromatic hydroxyl groups is 1. The number of aromatic nitrogens is 1. The molecule has 0 bridgehead atoms. The van der Waals surface area contributed by atoms with Crippen molar-refractivity contribution in [2.75, 3.05) is 13.6 Å². The van der Waals surface area contributed by atoms with Crippen molar-refractivity contribution >= 4 is 22.1 Å². The third kappa shape index (κ3) is 2.08. The van der Waals surface area contributed by atoms with Crippen LogP contribution in [0.1, 0.15) is 0 Å². The minimum atomic E-state index is -0.259. The summed E-state index contributed by atoms with van der Waals surface area (Å²) in [6.45, 7) is 0.238. The molecule has 0 atom stereocenters. The highest BCUT2D eigenvalue weighted by molar-refractivity contribution is 6.02. The van der Waals surface area contributed by atoms with Gasteiger partial charge in [-0.15, -0.1) is 0 Å². The minimum Gasteiger partial charge on any atom is -0.505 e. The zero-order valence-electron chi connectivity index (χ0n) is 17.5. The first-order chi connectivity index (χ1) is 16.7. The lowest BCUT2D eigenvalue weighted by atomic mass is 9.95.